The number of amides is 1. The fourth-order valence-corrected chi connectivity index (χ4v) is 3.82. The van der Waals surface area contributed by atoms with Gasteiger partial charge in [-0.25, -0.2) is 8.42 Å². The van der Waals surface area contributed by atoms with Gasteiger partial charge in [-0.1, -0.05) is 0 Å². The molecular formula is C11H20N2O4S. The van der Waals surface area contributed by atoms with Gasteiger partial charge in [0.25, 0.3) is 0 Å². The predicted molar refractivity (Wildman–Crippen MR) is 67.0 cm³/mol. The fourth-order valence-electron chi connectivity index (χ4n) is 2.38. The van der Waals surface area contributed by atoms with E-state index in [1.165, 1.54) is 0 Å². The van der Waals surface area contributed by atoms with Crippen LogP contribution < -0.4 is 10.6 Å². The van der Waals surface area contributed by atoms with Gasteiger partial charge in [-0.15, -0.1) is 0 Å². The molecule has 0 saturated carbocycles. The normalized spacial score (nSPS) is 35.3. The molecule has 6 nitrogen and oxygen atoms in total. The highest BCUT2D eigenvalue weighted by Crippen LogP contribution is 2.17. The smallest absolute Gasteiger partial charge is 0.222 e. The molecule has 0 bridgehead atoms. The van der Waals surface area contributed by atoms with Crippen LogP contribution in [0.15, 0.2) is 0 Å². The van der Waals surface area contributed by atoms with E-state index in [1.807, 2.05) is 6.92 Å². The quantitative estimate of drug-likeness (QED) is 0.695. The third kappa shape index (κ3) is 3.66. The molecule has 0 aromatic carbocycles. The van der Waals surface area contributed by atoms with Crippen molar-refractivity contribution < 1.29 is 17.9 Å². The molecule has 0 spiro atoms. The zero-order valence-corrected chi connectivity index (χ0v) is 11.4. The Morgan fingerprint density at radius 3 is 2.94 bits per heavy atom. The first kappa shape index (κ1) is 13.8. The molecule has 2 aliphatic rings. The van der Waals surface area contributed by atoms with Crippen molar-refractivity contribution in [1.29, 1.82) is 0 Å². The second-order valence-corrected chi connectivity index (χ2v) is 7.61. The number of ether oxygens (including phenoxy) is 1. The third-order valence-corrected chi connectivity index (χ3v) is 5.13. The lowest BCUT2D eigenvalue weighted by Crippen LogP contribution is -2.51. The van der Waals surface area contributed by atoms with Crippen molar-refractivity contribution in [2.24, 2.45) is 0 Å². The number of carbonyl (C=O) groups excluding carboxylic acids is 1. The molecule has 2 unspecified atom stereocenters. The highest BCUT2D eigenvalue weighted by molar-refractivity contribution is 7.91. The molecule has 0 aliphatic carbocycles. The molecule has 2 rings (SSSR count). The van der Waals surface area contributed by atoms with Gasteiger partial charge in [0.15, 0.2) is 9.84 Å². The van der Waals surface area contributed by atoms with Crippen molar-refractivity contribution in [1.82, 2.24) is 10.6 Å². The monoisotopic (exact) mass is 276 g/mol. The molecule has 2 saturated heterocycles. The van der Waals surface area contributed by atoms with Gasteiger partial charge < -0.3 is 15.4 Å². The maximum absolute atomic E-state index is 11.9. The van der Waals surface area contributed by atoms with E-state index in [9.17, 15) is 13.2 Å². The van der Waals surface area contributed by atoms with Crippen LogP contribution in [0.4, 0.5) is 0 Å². The Hall–Kier alpha value is -0.660. The van der Waals surface area contributed by atoms with Gasteiger partial charge in [0, 0.05) is 25.6 Å². The first-order chi connectivity index (χ1) is 8.39. The molecule has 2 aliphatic heterocycles. The van der Waals surface area contributed by atoms with E-state index >= 15 is 0 Å². The number of hydrogen-bond acceptors (Lipinski definition) is 5. The topological polar surface area (TPSA) is 84.5 Å². The average Bonchev–Trinajstić information content (AvgIpc) is 2.62. The van der Waals surface area contributed by atoms with Gasteiger partial charge >= 0.3 is 0 Å². The minimum atomic E-state index is -2.99. The van der Waals surface area contributed by atoms with Crippen molar-refractivity contribution >= 4 is 15.7 Å². The summed E-state index contributed by atoms with van der Waals surface area (Å²) in [5, 5.41) is 6.00. The van der Waals surface area contributed by atoms with Crippen LogP contribution in [-0.2, 0) is 19.4 Å². The van der Waals surface area contributed by atoms with Crippen molar-refractivity contribution in [3.63, 3.8) is 0 Å². The first-order valence-electron chi connectivity index (χ1n) is 6.21. The van der Waals surface area contributed by atoms with Gasteiger partial charge in [-0.05, 0) is 13.3 Å². The van der Waals surface area contributed by atoms with Crippen LogP contribution in [-0.4, -0.2) is 57.2 Å². The highest BCUT2D eigenvalue weighted by Gasteiger charge is 2.33. The molecular weight excluding hydrogens is 256 g/mol. The summed E-state index contributed by atoms with van der Waals surface area (Å²) in [4.78, 5) is 11.9. The van der Waals surface area contributed by atoms with Gasteiger partial charge in [-0.3, -0.25) is 4.79 Å². The van der Waals surface area contributed by atoms with Crippen LogP contribution in [0.2, 0.25) is 0 Å². The number of carbonyl (C=O) groups is 1. The summed E-state index contributed by atoms with van der Waals surface area (Å²) in [6.45, 7) is 3.56. The molecule has 1 amide bonds. The predicted octanol–water partition coefficient (Wildman–Crippen LogP) is -0.942. The van der Waals surface area contributed by atoms with Crippen LogP contribution in [0, 0.1) is 0 Å². The molecule has 2 fully saturated rings. The number of rotatable bonds is 3. The minimum Gasteiger partial charge on any atom is -0.379 e. The van der Waals surface area contributed by atoms with E-state index in [2.05, 4.69) is 10.6 Å². The molecule has 104 valence electrons. The Morgan fingerprint density at radius 1 is 1.56 bits per heavy atom. The third-order valence-electron chi connectivity index (χ3n) is 3.39. The van der Waals surface area contributed by atoms with Crippen LogP contribution in [0.3, 0.4) is 0 Å². The lowest BCUT2D eigenvalue weighted by atomic mass is 10.0. The van der Waals surface area contributed by atoms with E-state index in [0.717, 1.165) is 6.42 Å². The number of sulfone groups is 1. The molecule has 2 atom stereocenters. The second-order valence-electron chi connectivity index (χ2n) is 5.38. The Balaban J connectivity index is 1.84. The van der Waals surface area contributed by atoms with E-state index in [-0.39, 0.29) is 35.4 Å². The summed E-state index contributed by atoms with van der Waals surface area (Å²) in [5.41, 5.74) is -0.301. The Morgan fingerprint density at radius 2 is 2.33 bits per heavy atom. The zero-order chi connectivity index (χ0) is 13.2. The van der Waals surface area contributed by atoms with E-state index in [0.29, 0.717) is 19.8 Å². The van der Waals surface area contributed by atoms with Gasteiger partial charge in [0.1, 0.15) is 0 Å². The summed E-state index contributed by atoms with van der Waals surface area (Å²) >= 11 is 0. The molecule has 0 aromatic heterocycles. The summed E-state index contributed by atoms with van der Waals surface area (Å²) in [7, 11) is -2.99. The molecule has 0 aromatic rings. The van der Waals surface area contributed by atoms with Crippen LogP contribution in [0.1, 0.15) is 19.8 Å². The molecule has 2 N–H and O–H groups in total. The summed E-state index contributed by atoms with van der Waals surface area (Å²) in [6, 6.07) is -0.269. The van der Waals surface area contributed by atoms with Crippen molar-refractivity contribution in [2.45, 2.75) is 31.3 Å². The Bertz CT molecular complexity index is 415. The van der Waals surface area contributed by atoms with E-state index < -0.39 is 9.84 Å². The maximum Gasteiger partial charge on any atom is 0.222 e. The van der Waals surface area contributed by atoms with Crippen LogP contribution in [0.5, 0.6) is 0 Å². The summed E-state index contributed by atoms with van der Waals surface area (Å²) < 4.78 is 28.2. The Labute approximate surface area is 107 Å². The number of hydrogen-bond donors (Lipinski definition) is 2. The Kier molecular flexibility index (Phi) is 3.93. The van der Waals surface area contributed by atoms with Crippen molar-refractivity contribution in [3.8, 4) is 0 Å². The van der Waals surface area contributed by atoms with Crippen molar-refractivity contribution in [2.75, 3.05) is 31.3 Å². The second kappa shape index (κ2) is 5.14. The maximum atomic E-state index is 11.9. The van der Waals surface area contributed by atoms with Crippen molar-refractivity contribution in [3.05, 3.63) is 0 Å². The molecule has 0 radical (unpaired) electrons. The largest absolute Gasteiger partial charge is 0.379 e. The molecule has 7 heteroatoms. The number of nitrogens with one attached hydrogen (secondary N) is 2. The zero-order valence-electron chi connectivity index (χ0n) is 10.6. The van der Waals surface area contributed by atoms with Gasteiger partial charge in [-0.2, -0.15) is 0 Å². The highest BCUT2D eigenvalue weighted by atomic mass is 32.2. The van der Waals surface area contributed by atoms with Gasteiger partial charge in [0.05, 0.1) is 23.7 Å². The summed E-state index contributed by atoms with van der Waals surface area (Å²) in [6.07, 6.45) is 1.00. The molecule has 18 heavy (non-hydrogen) atoms. The summed E-state index contributed by atoms with van der Waals surface area (Å²) in [5.74, 6) is 0.0993. The average molecular weight is 276 g/mol. The SMILES string of the molecule is CC1(NC(=O)CC2CS(=O)(=O)CCN2)CCOC1. The fraction of sp³-hybridized carbons (Fsp3) is 0.909. The lowest BCUT2D eigenvalue weighted by molar-refractivity contribution is -0.123. The minimum absolute atomic E-state index is 0.0492. The van der Waals surface area contributed by atoms with Crippen LogP contribution >= 0.6 is 0 Å². The standard InChI is InChI=1S/C11H20N2O4S/c1-11(2-4-17-8-11)13-10(14)6-9-7-18(15,16)5-3-12-9/h9,12H,2-8H2,1H3,(H,13,14). The van der Waals surface area contributed by atoms with Crippen LogP contribution in [0.25, 0.3) is 0 Å². The lowest BCUT2D eigenvalue weighted by Gasteiger charge is -2.27. The molecule has 2 heterocycles. The van der Waals surface area contributed by atoms with E-state index in [1.54, 1.807) is 0 Å². The van der Waals surface area contributed by atoms with E-state index in [4.69, 9.17) is 4.74 Å². The first-order valence-corrected chi connectivity index (χ1v) is 8.03. The van der Waals surface area contributed by atoms with Gasteiger partial charge in [0.2, 0.25) is 5.91 Å².